The molecular weight excluding hydrogens is 396 g/mol. The third kappa shape index (κ3) is 5.36. The summed E-state index contributed by atoms with van der Waals surface area (Å²) in [6, 6.07) is 12.4. The van der Waals surface area contributed by atoms with Crippen LogP contribution in [-0.4, -0.2) is 50.6 Å². The van der Waals surface area contributed by atoms with Crippen molar-refractivity contribution in [2.45, 2.75) is 12.8 Å². The highest BCUT2D eigenvalue weighted by Crippen LogP contribution is 2.30. The highest BCUT2D eigenvalue weighted by atomic mass is 16.5. The van der Waals surface area contributed by atoms with Crippen molar-refractivity contribution >= 4 is 17.5 Å². The SMILES string of the molecule is C=CCOc1ccc(C(=O)N2CCC(C(=O)Nc3ccccc3OC)CC2)cc1OC. The predicted octanol–water partition coefficient (Wildman–Crippen LogP) is 3.76. The van der Waals surface area contributed by atoms with Crippen molar-refractivity contribution in [1.29, 1.82) is 0 Å². The summed E-state index contributed by atoms with van der Waals surface area (Å²) in [5.74, 6) is 1.39. The van der Waals surface area contributed by atoms with Crippen LogP contribution in [0.5, 0.6) is 17.2 Å². The highest BCUT2D eigenvalue weighted by molar-refractivity contribution is 5.96. The van der Waals surface area contributed by atoms with Gasteiger partial charge in [-0.05, 0) is 43.2 Å². The Kier molecular flexibility index (Phi) is 7.54. The molecule has 0 aromatic heterocycles. The number of amides is 2. The van der Waals surface area contributed by atoms with Crippen LogP contribution in [-0.2, 0) is 4.79 Å². The van der Waals surface area contributed by atoms with E-state index in [1.54, 1.807) is 42.4 Å². The molecule has 0 spiro atoms. The van der Waals surface area contributed by atoms with Crippen molar-refractivity contribution in [2.24, 2.45) is 5.92 Å². The number of methoxy groups -OCH3 is 2. The van der Waals surface area contributed by atoms with Gasteiger partial charge in [0.05, 0.1) is 19.9 Å². The lowest BCUT2D eigenvalue weighted by molar-refractivity contribution is -0.121. The average Bonchev–Trinajstić information content (AvgIpc) is 2.82. The number of benzene rings is 2. The third-order valence-corrected chi connectivity index (χ3v) is 5.29. The number of hydrogen-bond donors (Lipinski definition) is 1. The van der Waals surface area contributed by atoms with Crippen molar-refractivity contribution in [3.05, 3.63) is 60.7 Å². The largest absolute Gasteiger partial charge is 0.495 e. The van der Waals surface area contributed by atoms with Crippen LogP contribution in [0.2, 0.25) is 0 Å². The fraction of sp³-hybridized carbons (Fsp3) is 0.333. The van der Waals surface area contributed by atoms with E-state index in [9.17, 15) is 9.59 Å². The van der Waals surface area contributed by atoms with Crippen molar-refractivity contribution in [3.8, 4) is 17.2 Å². The van der Waals surface area contributed by atoms with Crippen LogP contribution in [0.4, 0.5) is 5.69 Å². The molecule has 1 saturated heterocycles. The monoisotopic (exact) mass is 424 g/mol. The first-order valence-electron chi connectivity index (χ1n) is 10.2. The molecule has 3 rings (SSSR count). The smallest absolute Gasteiger partial charge is 0.253 e. The van der Waals surface area contributed by atoms with Gasteiger partial charge in [0, 0.05) is 24.6 Å². The molecule has 1 fully saturated rings. The number of para-hydroxylation sites is 2. The summed E-state index contributed by atoms with van der Waals surface area (Å²) in [4.78, 5) is 27.4. The second-order valence-electron chi connectivity index (χ2n) is 7.22. The zero-order chi connectivity index (χ0) is 22.2. The number of nitrogens with zero attached hydrogens (tertiary/aromatic N) is 1. The summed E-state index contributed by atoms with van der Waals surface area (Å²) < 4.78 is 16.2. The topological polar surface area (TPSA) is 77.1 Å². The second-order valence-corrected chi connectivity index (χ2v) is 7.22. The van der Waals surface area contributed by atoms with E-state index in [2.05, 4.69) is 11.9 Å². The summed E-state index contributed by atoms with van der Waals surface area (Å²) in [6.45, 7) is 5.01. The number of likely N-dealkylation sites (tertiary alicyclic amines) is 1. The maximum atomic E-state index is 12.9. The molecule has 1 aliphatic heterocycles. The molecule has 31 heavy (non-hydrogen) atoms. The molecule has 7 nitrogen and oxygen atoms in total. The zero-order valence-electron chi connectivity index (χ0n) is 17.9. The molecule has 1 N–H and O–H groups in total. The Bertz CT molecular complexity index is 935. The van der Waals surface area contributed by atoms with Crippen molar-refractivity contribution in [2.75, 3.05) is 39.2 Å². The lowest BCUT2D eigenvalue weighted by Crippen LogP contribution is -2.41. The molecule has 1 heterocycles. The van der Waals surface area contributed by atoms with Crippen LogP contribution in [0.3, 0.4) is 0 Å². The molecule has 0 bridgehead atoms. The minimum atomic E-state index is -0.154. The maximum absolute atomic E-state index is 12.9. The Morgan fingerprint density at radius 3 is 2.45 bits per heavy atom. The first-order valence-corrected chi connectivity index (χ1v) is 10.2. The first-order chi connectivity index (χ1) is 15.1. The van der Waals surface area contributed by atoms with E-state index < -0.39 is 0 Å². The fourth-order valence-electron chi connectivity index (χ4n) is 3.58. The van der Waals surface area contributed by atoms with Crippen LogP contribution in [0.15, 0.2) is 55.1 Å². The molecule has 0 unspecified atom stereocenters. The van der Waals surface area contributed by atoms with Crippen LogP contribution in [0.1, 0.15) is 23.2 Å². The van der Waals surface area contributed by atoms with Crippen LogP contribution in [0.25, 0.3) is 0 Å². The lowest BCUT2D eigenvalue weighted by atomic mass is 9.95. The number of carbonyl (C=O) groups is 2. The number of nitrogens with one attached hydrogen (secondary N) is 1. The van der Waals surface area contributed by atoms with E-state index in [-0.39, 0.29) is 17.7 Å². The van der Waals surface area contributed by atoms with Crippen molar-refractivity contribution in [1.82, 2.24) is 4.90 Å². The van der Waals surface area contributed by atoms with Gasteiger partial charge in [0.25, 0.3) is 5.91 Å². The van der Waals surface area contributed by atoms with Gasteiger partial charge in [-0.3, -0.25) is 9.59 Å². The molecule has 164 valence electrons. The minimum Gasteiger partial charge on any atom is -0.495 e. The molecule has 2 amide bonds. The zero-order valence-corrected chi connectivity index (χ0v) is 17.9. The Labute approximate surface area is 182 Å². The number of piperidine rings is 1. The second kappa shape index (κ2) is 10.5. The lowest BCUT2D eigenvalue weighted by Gasteiger charge is -2.31. The third-order valence-electron chi connectivity index (χ3n) is 5.29. The molecule has 1 aliphatic rings. The minimum absolute atomic E-state index is 0.0537. The van der Waals surface area contributed by atoms with E-state index in [0.29, 0.717) is 61.0 Å². The predicted molar refractivity (Wildman–Crippen MR) is 119 cm³/mol. The van der Waals surface area contributed by atoms with E-state index in [0.717, 1.165) is 0 Å². The van der Waals surface area contributed by atoms with E-state index >= 15 is 0 Å². The summed E-state index contributed by atoms with van der Waals surface area (Å²) in [5, 5.41) is 2.94. The highest BCUT2D eigenvalue weighted by Gasteiger charge is 2.28. The van der Waals surface area contributed by atoms with Gasteiger partial charge in [-0.2, -0.15) is 0 Å². The number of hydrogen-bond acceptors (Lipinski definition) is 5. The number of carbonyl (C=O) groups excluding carboxylic acids is 2. The Morgan fingerprint density at radius 1 is 1.06 bits per heavy atom. The fourth-order valence-corrected chi connectivity index (χ4v) is 3.58. The van der Waals surface area contributed by atoms with E-state index in [1.807, 2.05) is 18.2 Å². The number of anilines is 1. The van der Waals surface area contributed by atoms with Crippen LogP contribution >= 0.6 is 0 Å². The molecular formula is C24H28N2O5. The molecule has 0 aliphatic carbocycles. The average molecular weight is 424 g/mol. The molecule has 2 aromatic rings. The quantitative estimate of drug-likeness (QED) is 0.653. The van der Waals surface area contributed by atoms with Crippen LogP contribution < -0.4 is 19.5 Å². The first kappa shape index (κ1) is 22.2. The van der Waals surface area contributed by atoms with Gasteiger partial charge in [0.1, 0.15) is 12.4 Å². The Hall–Kier alpha value is -3.48. The molecule has 0 radical (unpaired) electrons. The summed E-state index contributed by atoms with van der Waals surface area (Å²) in [6.07, 6.45) is 2.85. The van der Waals surface area contributed by atoms with Gasteiger partial charge >= 0.3 is 0 Å². The molecule has 2 aromatic carbocycles. The van der Waals surface area contributed by atoms with Gasteiger partial charge < -0.3 is 24.4 Å². The normalized spacial score (nSPS) is 13.9. The van der Waals surface area contributed by atoms with E-state index in [4.69, 9.17) is 14.2 Å². The van der Waals surface area contributed by atoms with Crippen LogP contribution in [0, 0.1) is 5.92 Å². The molecule has 0 saturated carbocycles. The number of rotatable bonds is 8. The van der Waals surface area contributed by atoms with Gasteiger partial charge in [0.2, 0.25) is 5.91 Å². The molecule has 0 atom stereocenters. The van der Waals surface area contributed by atoms with Gasteiger partial charge in [0.15, 0.2) is 11.5 Å². The summed E-state index contributed by atoms with van der Waals surface area (Å²) in [5.41, 5.74) is 1.18. The Morgan fingerprint density at radius 2 is 1.77 bits per heavy atom. The van der Waals surface area contributed by atoms with E-state index in [1.165, 1.54) is 7.11 Å². The number of ether oxygens (including phenoxy) is 3. The van der Waals surface area contributed by atoms with Gasteiger partial charge in [-0.25, -0.2) is 0 Å². The summed E-state index contributed by atoms with van der Waals surface area (Å²) >= 11 is 0. The molecule has 7 heteroatoms. The van der Waals surface area contributed by atoms with Gasteiger partial charge in [-0.1, -0.05) is 24.8 Å². The van der Waals surface area contributed by atoms with Crippen molar-refractivity contribution < 1.29 is 23.8 Å². The Balaban J connectivity index is 1.59. The summed E-state index contributed by atoms with van der Waals surface area (Å²) in [7, 11) is 3.11. The standard InChI is InChI=1S/C24H28N2O5/c1-4-15-31-21-10-9-18(16-22(21)30-3)24(28)26-13-11-17(12-14-26)23(27)25-19-7-5-6-8-20(19)29-2/h4-10,16-17H,1,11-15H2,2-3H3,(H,25,27). The van der Waals surface area contributed by atoms with Crippen molar-refractivity contribution in [3.63, 3.8) is 0 Å². The van der Waals surface area contributed by atoms with Gasteiger partial charge in [-0.15, -0.1) is 0 Å². The maximum Gasteiger partial charge on any atom is 0.253 e.